The van der Waals surface area contributed by atoms with Crippen LogP contribution >= 0.6 is 0 Å². The third kappa shape index (κ3) is 4.35. The fourth-order valence-electron chi connectivity index (χ4n) is 2.50. The van der Waals surface area contributed by atoms with Crippen molar-refractivity contribution in [2.45, 2.75) is 20.8 Å². The van der Waals surface area contributed by atoms with Gasteiger partial charge < -0.3 is 5.32 Å². The number of benzene rings is 2. The second-order valence-electron chi connectivity index (χ2n) is 5.92. The minimum absolute atomic E-state index is 0.267. The molecule has 1 amide bonds. The first-order valence-electron chi connectivity index (χ1n) is 7.59. The molecule has 24 heavy (non-hydrogen) atoms. The molecule has 2 rings (SSSR count). The Morgan fingerprint density at radius 3 is 2.29 bits per heavy atom. The van der Waals surface area contributed by atoms with Crippen LogP contribution in [0.4, 0.5) is 11.4 Å². The monoisotopic (exact) mass is 346 g/mol. The molecule has 5 nitrogen and oxygen atoms in total. The fourth-order valence-corrected chi connectivity index (χ4v) is 3.41. The number of aryl methyl sites for hydroxylation is 3. The largest absolute Gasteiger partial charge is 0.324 e. The van der Waals surface area contributed by atoms with Crippen LogP contribution in [0.5, 0.6) is 0 Å². The molecule has 2 aromatic rings. The van der Waals surface area contributed by atoms with Gasteiger partial charge in [0, 0.05) is 5.69 Å². The van der Waals surface area contributed by atoms with Gasteiger partial charge in [0.2, 0.25) is 15.9 Å². The Morgan fingerprint density at radius 2 is 1.71 bits per heavy atom. The summed E-state index contributed by atoms with van der Waals surface area (Å²) in [5, 5.41) is 2.78. The minimum Gasteiger partial charge on any atom is -0.324 e. The van der Waals surface area contributed by atoms with Crippen LogP contribution in [0.25, 0.3) is 0 Å². The summed E-state index contributed by atoms with van der Waals surface area (Å²) >= 11 is 0. The predicted molar refractivity (Wildman–Crippen MR) is 97.9 cm³/mol. The van der Waals surface area contributed by atoms with Gasteiger partial charge >= 0.3 is 0 Å². The zero-order valence-corrected chi connectivity index (χ0v) is 15.1. The lowest BCUT2D eigenvalue weighted by Gasteiger charge is -2.23. The number of carbonyl (C=O) groups is 1. The highest BCUT2D eigenvalue weighted by atomic mass is 32.2. The van der Waals surface area contributed by atoms with E-state index in [2.05, 4.69) is 5.32 Å². The molecule has 0 heterocycles. The summed E-state index contributed by atoms with van der Waals surface area (Å²) in [6.45, 7) is 5.42. The average Bonchev–Trinajstić information content (AvgIpc) is 2.47. The summed E-state index contributed by atoms with van der Waals surface area (Å²) in [5.74, 6) is -0.379. The Bertz CT molecular complexity index is 860. The number of nitrogens with zero attached hydrogens (tertiary/aromatic N) is 1. The Hall–Kier alpha value is -2.34. The minimum atomic E-state index is -3.57. The number of carbonyl (C=O) groups excluding carboxylic acids is 1. The van der Waals surface area contributed by atoms with Crippen LogP contribution < -0.4 is 9.62 Å². The number of hydrogen-bond donors (Lipinski definition) is 1. The van der Waals surface area contributed by atoms with Crippen LogP contribution in [0.15, 0.2) is 42.5 Å². The Balaban J connectivity index is 2.24. The number of hydrogen-bond acceptors (Lipinski definition) is 3. The molecule has 0 spiro atoms. The van der Waals surface area contributed by atoms with Crippen LogP contribution in [0.2, 0.25) is 0 Å². The van der Waals surface area contributed by atoms with E-state index in [1.54, 1.807) is 12.1 Å². The third-order valence-electron chi connectivity index (χ3n) is 3.73. The van der Waals surface area contributed by atoms with Crippen molar-refractivity contribution in [3.05, 3.63) is 59.2 Å². The quantitative estimate of drug-likeness (QED) is 0.905. The fraction of sp³-hybridized carbons (Fsp3) is 0.278. The standard InChI is InChI=1S/C18H22N2O3S/c1-13-9-10-16(15(3)11-13)19-18(21)12-20(24(4,22)23)17-8-6-5-7-14(17)2/h5-11H,12H2,1-4H3,(H,19,21). The molecule has 0 aliphatic rings. The molecule has 0 saturated carbocycles. The summed E-state index contributed by atoms with van der Waals surface area (Å²) in [7, 11) is -3.57. The molecule has 0 unspecified atom stereocenters. The Kier molecular flexibility index (Phi) is 5.29. The summed E-state index contributed by atoms with van der Waals surface area (Å²) in [6.07, 6.45) is 1.10. The van der Waals surface area contributed by atoms with Gasteiger partial charge in [0.1, 0.15) is 6.54 Å². The molecule has 128 valence electrons. The molecule has 2 aromatic carbocycles. The molecule has 0 aromatic heterocycles. The van der Waals surface area contributed by atoms with Crippen molar-refractivity contribution in [3.63, 3.8) is 0 Å². The van der Waals surface area contributed by atoms with E-state index in [0.29, 0.717) is 11.4 Å². The van der Waals surface area contributed by atoms with Gasteiger partial charge in [-0.25, -0.2) is 8.42 Å². The van der Waals surface area contributed by atoms with E-state index < -0.39 is 10.0 Å². The van der Waals surface area contributed by atoms with E-state index in [-0.39, 0.29) is 12.5 Å². The molecular weight excluding hydrogens is 324 g/mol. The number of anilines is 2. The van der Waals surface area contributed by atoms with Gasteiger partial charge in [0.25, 0.3) is 0 Å². The highest BCUT2D eigenvalue weighted by molar-refractivity contribution is 7.92. The third-order valence-corrected chi connectivity index (χ3v) is 4.85. The van der Waals surface area contributed by atoms with Gasteiger partial charge in [-0.1, -0.05) is 35.9 Å². The Labute approximate surface area is 143 Å². The van der Waals surface area contributed by atoms with Crippen LogP contribution in [-0.4, -0.2) is 27.1 Å². The van der Waals surface area contributed by atoms with Gasteiger partial charge in [-0.2, -0.15) is 0 Å². The molecule has 0 radical (unpaired) electrons. The van der Waals surface area contributed by atoms with E-state index in [0.717, 1.165) is 27.3 Å². The molecule has 0 bridgehead atoms. The molecule has 1 N–H and O–H groups in total. The molecule has 0 fully saturated rings. The summed E-state index contributed by atoms with van der Waals surface area (Å²) < 4.78 is 25.4. The Morgan fingerprint density at radius 1 is 1.04 bits per heavy atom. The molecule has 6 heteroatoms. The average molecular weight is 346 g/mol. The van der Waals surface area contributed by atoms with Crippen molar-refractivity contribution in [2.75, 3.05) is 22.4 Å². The lowest BCUT2D eigenvalue weighted by atomic mass is 10.1. The summed E-state index contributed by atoms with van der Waals surface area (Å²) in [6, 6.07) is 12.8. The van der Waals surface area contributed by atoms with Gasteiger partial charge in [0.05, 0.1) is 11.9 Å². The van der Waals surface area contributed by atoms with Crippen molar-refractivity contribution < 1.29 is 13.2 Å². The van der Waals surface area contributed by atoms with Crippen molar-refractivity contribution in [1.82, 2.24) is 0 Å². The van der Waals surface area contributed by atoms with Gasteiger partial charge in [-0.05, 0) is 44.0 Å². The normalized spacial score (nSPS) is 11.2. The lowest BCUT2D eigenvalue weighted by Crippen LogP contribution is -2.37. The van der Waals surface area contributed by atoms with Crippen LogP contribution in [-0.2, 0) is 14.8 Å². The molecule has 0 saturated heterocycles. The topological polar surface area (TPSA) is 66.5 Å². The molecule has 0 atom stereocenters. The maximum atomic E-state index is 12.4. The first kappa shape index (κ1) is 18.0. The van der Waals surface area contributed by atoms with Gasteiger partial charge in [-0.15, -0.1) is 0 Å². The highest BCUT2D eigenvalue weighted by Crippen LogP contribution is 2.22. The summed E-state index contributed by atoms with van der Waals surface area (Å²) in [5.41, 5.74) is 4.02. The van der Waals surface area contributed by atoms with Crippen molar-refractivity contribution in [1.29, 1.82) is 0 Å². The van der Waals surface area contributed by atoms with Crippen LogP contribution in [0, 0.1) is 20.8 Å². The number of sulfonamides is 1. The van der Waals surface area contributed by atoms with Crippen LogP contribution in [0.3, 0.4) is 0 Å². The van der Waals surface area contributed by atoms with E-state index >= 15 is 0 Å². The van der Waals surface area contributed by atoms with E-state index in [1.807, 2.05) is 51.1 Å². The zero-order valence-electron chi connectivity index (χ0n) is 14.3. The highest BCUT2D eigenvalue weighted by Gasteiger charge is 2.22. The molecular formula is C18H22N2O3S. The second kappa shape index (κ2) is 7.05. The number of rotatable bonds is 5. The van der Waals surface area contributed by atoms with E-state index in [1.165, 1.54) is 0 Å². The van der Waals surface area contributed by atoms with Gasteiger partial charge in [0.15, 0.2) is 0 Å². The number of para-hydroxylation sites is 1. The van der Waals surface area contributed by atoms with Crippen LogP contribution in [0.1, 0.15) is 16.7 Å². The summed E-state index contributed by atoms with van der Waals surface area (Å²) in [4.78, 5) is 12.4. The van der Waals surface area contributed by atoms with Crippen molar-refractivity contribution >= 4 is 27.3 Å². The first-order valence-corrected chi connectivity index (χ1v) is 9.44. The van der Waals surface area contributed by atoms with Gasteiger partial charge in [-0.3, -0.25) is 9.10 Å². The van der Waals surface area contributed by atoms with Crippen molar-refractivity contribution in [3.8, 4) is 0 Å². The van der Waals surface area contributed by atoms with E-state index in [9.17, 15) is 13.2 Å². The predicted octanol–water partition coefficient (Wildman–Crippen LogP) is 3.02. The zero-order chi connectivity index (χ0) is 17.9. The number of amides is 1. The second-order valence-corrected chi connectivity index (χ2v) is 7.83. The maximum absolute atomic E-state index is 12.4. The molecule has 0 aliphatic heterocycles. The first-order chi connectivity index (χ1) is 11.2. The lowest BCUT2D eigenvalue weighted by molar-refractivity contribution is -0.114. The van der Waals surface area contributed by atoms with E-state index in [4.69, 9.17) is 0 Å². The molecule has 0 aliphatic carbocycles. The smallest absolute Gasteiger partial charge is 0.245 e. The maximum Gasteiger partial charge on any atom is 0.245 e. The number of nitrogens with one attached hydrogen (secondary N) is 1. The SMILES string of the molecule is Cc1ccc(NC(=O)CN(c2ccccc2C)S(C)(=O)=O)c(C)c1. The van der Waals surface area contributed by atoms with Crippen molar-refractivity contribution in [2.24, 2.45) is 0 Å².